The van der Waals surface area contributed by atoms with Crippen LogP contribution >= 0.6 is 0 Å². The van der Waals surface area contributed by atoms with E-state index >= 15 is 0 Å². The lowest BCUT2D eigenvalue weighted by Gasteiger charge is -2.34. The van der Waals surface area contributed by atoms with Gasteiger partial charge in [-0.15, -0.1) is 0 Å². The van der Waals surface area contributed by atoms with E-state index in [1.807, 2.05) is 24.3 Å². The molecule has 1 heterocycles. The maximum atomic E-state index is 11.2. The molecule has 1 fully saturated rings. The highest BCUT2D eigenvalue weighted by atomic mass is 16.5. The quantitative estimate of drug-likeness (QED) is 0.389. The van der Waals surface area contributed by atoms with Crippen LogP contribution in [0.15, 0.2) is 29.3 Å². The Kier molecular flexibility index (Phi) is 8.91. The monoisotopic (exact) mass is 376 g/mol. The van der Waals surface area contributed by atoms with Crippen LogP contribution in [0.2, 0.25) is 0 Å². The van der Waals surface area contributed by atoms with Gasteiger partial charge in [0.25, 0.3) is 0 Å². The molecule has 0 spiro atoms. The number of hydrogen-bond donors (Lipinski definition) is 2. The predicted octanol–water partition coefficient (Wildman–Crippen LogP) is 1.76. The van der Waals surface area contributed by atoms with Gasteiger partial charge in [-0.1, -0.05) is 12.1 Å². The van der Waals surface area contributed by atoms with Crippen LogP contribution in [0.1, 0.15) is 31.7 Å². The molecule has 1 aromatic carbocycles. The number of ether oxygens (including phenoxy) is 2. The van der Waals surface area contributed by atoms with Gasteiger partial charge < -0.3 is 25.4 Å². The number of piperidine rings is 1. The zero-order valence-electron chi connectivity index (χ0n) is 16.4. The molecule has 1 aromatic rings. The first-order valence-electron chi connectivity index (χ1n) is 9.64. The molecule has 7 heteroatoms. The van der Waals surface area contributed by atoms with Gasteiger partial charge in [-0.05, 0) is 43.4 Å². The Bertz CT molecular complexity index is 621. The molecule has 0 saturated carbocycles. The molecule has 1 saturated heterocycles. The molecule has 3 N–H and O–H groups in total. The highest BCUT2D eigenvalue weighted by molar-refractivity contribution is 5.80. The zero-order valence-corrected chi connectivity index (χ0v) is 16.4. The van der Waals surface area contributed by atoms with Crippen molar-refractivity contribution >= 4 is 11.9 Å². The normalized spacial score (nSPS) is 17.6. The van der Waals surface area contributed by atoms with Crippen molar-refractivity contribution in [3.05, 3.63) is 29.8 Å². The molecule has 1 amide bonds. The molecular formula is C20H32N4O3. The summed E-state index contributed by atoms with van der Waals surface area (Å²) in [6.07, 6.45) is 2.54. The van der Waals surface area contributed by atoms with Crippen molar-refractivity contribution < 1.29 is 14.3 Å². The lowest BCUT2D eigenvalue weighted by molar-refractivity contribution is -0.119. The molecule has 1 atom stereocenters. The minimum atomic E-state index is -0.227. The number of nitrogens with two attached hydrogens (primary N) is 1. The average molecular weight is 377 g/mol. The first-order valence-corrected chi connectivity index (χ1v) is 9.64. The van der Waals surface area contributed by atoms with Gasteiger partial charge in [-0.2, -0.15) is 0 Å². The number of benzene rings is 1. The SMILES string of the molecule is CCNC(=NCCOCc1cccc(OC)c1)N1CCCC(CC(N)=O)C1. The zero-order chi connectivity index (χ0) is 19.5. The number of carbonyl (C=O) groups excluding carboxylic acids is 1. The number of likely N-dealkylation sites (tertiary alicyclic amines) is 1. The first-order chi connectivity index (χ1) is 13.1. The van der Waals surface area contributed by atoms with Gasteiger partial charge in [0.05, 0.1) is 26.9 Å². The highest BCUT2D eigenvalue weighted by Gasteiger charge is 2.23. The number of nitrogens with one attached hydrogen (secondary N) is 1. The second-order valence-corrected chi connectivity index (χ2v) is 6.76. The van der Waals surface area contributed by atoms with E-state index in [-0.39, 0.29) is 5.91 Å². The maximum absolute atomic E-state index is 11.2. The van der Waals surface area contributed by atoms with Crippen molar-refractivity contribution in [1.29, 1.82) is 0 Å². The number of carbonyl (C=O) groups is 1. The molecule has 1 unspecified atom stereocenters. The summed E-state index contributed by atoms with van der Waals surface area (Å²) >= 11 is 0. The summed E-state index contributed by atoms with van der Waals surface area (Å²) in [5.41, 5.74) is 6.43. The molecule has 7 nitrogen and oxygen atoms in total. The first kappa shape index (κ1) is 21.0. The minimum absolute atomic E-state index is 0.227. The third kappa shape index (κ3) is 7.46. The molecule has 150 valence electrons. The Hall–Kier alpha value is -2.28. The van der Waals surface area contributed by atoms with E-state index in [0.717, 1.165) is 49.7 Å². The molecule has 1 aliphatic heterocycles. The van der Waals surface area contributed by atoms with E-state index in [2.05, 4.69) is 22.1 Å². The fourth-order valence-electron chi connectivity index (χ4n) is 3.30. The van der Waals surface area contributed by atoms with Crippen molar-refractivity contribution in [2.24, 2.45) is 16.6 Å². The number of nitrogens with zero attached hydrogens (tertiary/aromatic N) is 2. The van der Waals surface area contributed by atoms with Gasteiger partial charge in [0.15, 0.2) is 5.96 Å². The van der Waals surface area contributed by atoms with E-state index in [9.17, 15) is 4.79 Å². The van der Waals surface area contributed by atoms with Gasteiger partial charge in [0.1, 0.15) is 5.75 Å². The summed E-state index contributed by atoms with van der Waals surface area (Å²) in [6, 6.07) is 7.86. The lowest BCUT2D eigenvalue weighted by atomic mass is 9.95. The van der Waals surface area contributed by atoms with Crippen molar-refractivity contribution in [3.63, 3.8) is 0 Å². The molecule has 0 radical (unpaired) electrons. The van der Waals surface area contributed by atoms with Crippen molar-refractivity contribution in [1.82, 2.24) is 10.2 Å². The van der Waals surface area contributed by atoms with Crippen LogP contribution in [0.4, 0.5) is 0 Å². The molecule has 2 rings (SSSR count). The van der Waals surface area contributed by atoms with E-state index in [0.29, 0.717) is 32.1 Å². The fraction of sp³-hybridized carbons (Fsp3) is 0.600. The number of rotatable bonds is 9. The number of primary amides is 1. The molecule has 0 bridgehead atoms. The van der Waals surface area contributed by atoms with Crippen LogP contribution in [0, 0.1) is 5.92 Å². The van der Waals surface area contributed by atoms with Crippen LogP contribution in [-0.2, 0) is 16.1 Å². The number of hydrogen-bond acceptors (Lipinski definition) is 4. The Labute approximate surface area is 161 Å². The maximum Gasteiger partial charge on any atom is 0.217 e. The second-order valence-electron chi connectivity index (χ2n) is 6.76. The Morgan fingerprint density at radius 1 is 1.44 bits per heavy atom. The predicted molar refractivity (Wildman–Crippen MR) is 107 cm³/mol. The van der Waals surface area contributed by atoms with Crippen molar-refractivity contribution in [2.75, 3.05) is 39.9 Å². The van der Waals surface area contributed by atoms with Crippen LogP contribution in [0.25, 0.3) is 0 Å². The van der Waals surface area contributed by atoms with Crippen LogP contribution in [0.3, 0.4) is 0 Å². The van der Waals surface area contributed by atoms with Crippen LogP contribution < -0.4 is 15.8 Å². The van der Waals surface area contributed by atoms with Crippen molar-refractivity contribution in [2.45, 2.75) is 32.8 Å². The number of amides is 1. The van der Waals surface area contributed by atoms with E-state index < -0.39 is 0 Å². The van der Waals surface area contributed by atoms with Gasteiger partial charge >= 0.3 is 0 Å². The number of guanidine groups is 1. The third-order valence-electron chi connectivity index (χ3n) is 4.54. The highest BCUT2D eigenvalue weighted by Crippen LogP contribution is 2.19. The smallest absolute Gasteiger partial charge is 0.217 e. The van der Waals surface area contributed by atoms with Gasteiger partial charge in [-0.3, -0.25) is 9.79 Å². The van der Waals surface area contributed by atoms with Gasteiger partial charge in [-0.25, -0.2) is 0 Å². The molecular weight excluding hydrogens is 344 g/mol. The molecule has 1 aliphatic rings. The summed E-state index contributed by atoms with van der Waals surface area (Å²) < 4.78 is 11.0. The van der Waals surface area contributed by atoms with Crippen molar-refractivity contribution in [3.8, 4) is 5.75 Å². The van der Waals surface area contributed by atoms with E-state index in [4.69, 9.17) is 15.2 Å². The summed E-state index contributed by atoms with van der Waals surface area (Å²) in [6.45, 7) is 6.30. The summed E-state index contributed by atoms with van der Waals surface area (Å²) in [7, 11) is 1.66. The summed E-state index contributed by atoms with van der Waals surface area (Å²) in [5.74, 6) is 1.80. The minimum Gasteiger partial charge on any atom is -0.497 e. The average Bonchev–Trinajstić information content (AvgIpc) is 2.67. The fourth-order valence-corrected chi connectivity index (χ4v) is 3.30. The molecule has 0 aromatic heterocycles. The Morgan fingerprint density at radius 2 is 2.30 bits per heavy atom. The third-order valence-corrected chi connectivity index (χ3v) is 4.54. The number of methoxy groups -OCH3 is 1. The summed E-state index contributed by atoms with van der Waals surface area (Å²) in [5, 5.41) is 3.34. The Balaban J connectivity index is 1.81. The second kappa shape index (κ2) is 11.4. The van der Waals surface area contributed by atoms with E-state index in [1.54, 1.807) is 7.11 Å². The topological polar surface area (TPSA) is 89.2 Å². The lowest BCUT2D eigenvalue weighted by Crippen LogP contribution is -2.47. The largest absolute Gasteiger partial charge is 0.497 e. The van der Waals surface area contributed by atoms with Gasteiger partial charge in [0, 0.05) is 26.1 Å². The van der Waals surface area contributed by atoms with Crippen LogP contribution in [-0.4, -0.2) is 56.7 Å². The van der Waals surface area contributed by atoms with Gasteiger partial charge in [0.2, 0.25) is 5.91 Å². The Morgan fingerprint density at radius 3 is 3.04 bits per heavy atom. The number of aliphatic imine (C=N–C) groups is 1. The summed E-state index contributed by atoms with van der Waals surface area (Å²) in [4.78, 5) is 18.1. The standard InChI is InChI=1S/C20H32N4O3/c1-3-22-20(24-10-5-7-16(14-24)13-19(21)25)23-9-11-27-15-17-6-4-8-18(12-17)26-2/h4,6,8,12,16H,3,5,7,9-11,13-15H2,1-2H3,(H2,21,25)(H,22,23). The molecule has 27 heavy (non-hydrogen) atoms. The molecule has 0 aliphatic carbocycles. The van der Waals surface area contributed by atoms with Crippen LogP contribution in [0.5, 0.6) is 5.75 Å². The van der Waals surface area contributed by atoms with E-state index in [1.165, 1.54) is 0 Å².